The van der Waals surface area contributed by atoms with Crippen molar-refractivity contribution in [1.82, 2.24) is 5.32 Å². The zero-order valence-electron chi connectivity index (χ0n) is 11.1. The van der Waals surface area contributed by atoms with Gasteiger partial charge in [-0.2, -0.15) is 0 Å². The lowest BCUT2D eigenvalue weighted by atomic mass is 10.1. The van der Waals surface area contributed by atoms with Crippen molar-refractivity contribution >= 4 is 5.91 Å². The van der Waals surface area contributed by atoms with Crippen molar-refractivity contribution in [2.75, 3.05) is 0 Å². The van der Waals surface area contributed by atoms with E-state index in [1.807, 2.05) is 6.92 Å². The molecule has 0 saturated carbocycles. The van der Waals surface area contributed by atoms with Crippen LogP contribution in [0.4, 0.5) is 8.78 Å². The summed E-state index contributed by atoms with van der Waals surface area (Å²) in [5.41, 5.74) is 0.581. The Morgan fingerprint density at radius 2 is 2.00 bits per heavy atom. The van der Waals surface area contributed by atoms with Gasteiger partial charge in [0.15, 0.2) is 11.6 Å². The summed E-state index contributed by atoms with van der Waals surface area (Å²) in [6.45, 7) is 3.46. The highest BCUT2D eigenvalue weighted by Crippen LogP contribution is 2.10. The number of rotatable bonds is 6. The van der Waals surface area contributed by atoms with Crippen LogP contribution >= 0.6 is 0 Å². The molecule has 0 bridgehead atoms. The van der Waals surface area contributed by atoms with Crippen LogP contribution in [0.3, 0.4) is 0 Å². The lowest BCUT2D eigenvalue weighted by Crippen LogP contribution is -2.34. The fraction of sp³-hybridized carbons (Fsp3) is 0.500. The lowest BCUT2D eigenvalue weighted by Gasteiger charge is -2.15. The number of aliphatic hydroxyl groups is 1. The summed E-state index contributed by atoms with van der Waals surface area (Å²) in [7, 11) is 0. The van der Waals surface area contributed by atoms with Crippen LogP contribution in [0.5, 0.6) is 0 Å². The molecule has 1 rings (SSSR count). The van der Waals surface area contributed by atoms with E-state index < -0.39 is 17.7 Å². The van der Waals surface area contributed by atoms with Crippen LogP contribution in [-0.4, -0.2) is 23.2 Å². The normalized spacial score (nSPS) is 13.9. The third kappa shape index (κ3) is 5.79. The van der Waals surface area contributed by atoms with E-state index in [1.165, 1.54) is 6.07 Å². The molecule has 5 heteroatoms. The number of carbonyl (C=O) groups excluding carboxylic acids is 1. The molecule has 1 aromatic rings. The number of amides is 1. The molecule has 2 N–H and O–H groups in total. The van der Waals surface area contributed by atoms with Crippen LogP contribution < -0.4 is 5.32 Å². The lowest BCUT2D eigenvalue weighted by molar-refractivity contribution is -0.121. The van der Waals surface area contributed by atoms with E-state index in [2.05, 4.69) is 5.32 Å². The van der Waals surface area contributed by atoms with Gasteiger partial charge in [-0.05, 0) is 44.4 Å². The number of aryl methyl sites for hydroxylation is 1. The minimum absolute atomic E-state index is 0.113. The molecule has 2 atom stereocenters. The molecule has 0 aliphatic carbocycles. The Morgan fingerprint density at radius 1 is 1.32 bits per heavy atom. The highest BCUT2D eigenvalue weighted by molar-refractivity contribution is 5.76. The van der Waals surface area contributed by atoms with E-state index in [0.717, 1.165) is 12.1 Å². The number of benzene rings is 1. The zero-order valence-corrected chi connectivity index (χ0v) is 11.1. The maximum atomic E-state index is 13.0. The highest BCUT2D eigenvalue weighted by Gasteiger charge is 2.10. The molecule has 0 spiro atoms. The summed E-state index contributed by atoms with van der Waals surface area (Å²) in [6, 6.07) is 3.50. The van der Waals surface area contributed by atoms with Gasteiger partial charge in [-0.15, -0.1) is 0 Å². The second-order valence-electron chi connectivity index (χ2n) is 4.80. The molecular formula is C14H19F2NO2. The maximum absolute atomic E-state index is 13.0. The van der Waals surface area contributed by atoms with Gasteiger partial charge in [-0.3, -0.25) is 4.79 Å². The number of hydrogen-bond donors (Lipinski definition) is 2. The van der Waals surface area contributed by atoms with E-state index in [0.29, 0.717) is 18.4 Å². The molecule has 19 heavy (non-hydrogen) atoms. The summed E-state index contributed by atoms with van der Waals surface area (Å²) >= 11 is 0. The van der Waals surface area contributed by atoms with Crippen molar-refractivity contribution < 1.29 is 18.7 Å². The van der Waals surface area contributed by atoms with Crippen LogP contribution in [0, 0.1) is 11.6 Å². The van der Waals surface area contributed by atoms with Crippen molar-refractivity contribution in [3.8, 4) is 0 Å². The molecule has 0 radical (unpaired) electrons. The Balaban J connectivity index is 2.39. The Morgan fingerprint density at radius 3 is 2.58 bits per heavy atom. The van der Waals surface area contributed by atoms with Crippen LogP contribution in [-0.2, 0) is 11.2 Å². The number of aliphatic hydroxyl groups excluding tert-OH is 1. The molecule has 0 saturated heterocycles. The van der Waals surface area contributed by atoms with Gasteiger partial charge in [0.05, 0.1) is 6.10 Å². The van der Waals surface area contributed by atoms with Crippen LogP contribution in [0.25, 0.3) is 0 Å². The Kier molecular flexibility index (Phi) is 5.89. The van der Waals surface area contributed by atoms with Crippen molar-refractivity contribution in [2.45, 2.75) is 45.3 Å². The Labute approximate surface area is 111 Å². The molecule has 0 aliphatic heterocycles. The molecule has 0 fully saturated rings. The molecular weight excluding hydrogens is 252 g/mol. The summed E-state index contributed by atoms with van der Waals surface area (Å²) in [4.78, 5) is 11.6. The van der Waals surface area contributed by atoms with Crippen LogP contribution in [0.15, 0.2) is 18.2 Å². The van der Waals surface area contributed by atoms with Crippen molar-refractivity contribution in [3.05, 3.63) is 35.4 Å². The molecule has 0 heterocycles. The van der Waals surface area contributed by atoms with E-state index in [-0.39, 0.29) is 18.4 Å². The van der Waals surface area contributed by atoms with E-state index in [9.17, 15) is 18.7 Å². The largest absolute Gasteiger partial charge is 0.393 e. The van der Waals surface area contributed by atoms with E-state index >= 15 is 0 Å². The second kappa shape index (κ2) is 7.19. The first-order chi connectivity index (χ1) is 8.88. The molecule has 106 valence electrons. The van der Waals surface area contributed by atoms with Gasteiger partial charge in [-0.1, -0.05) is 6.07 Å². The second-order valence-corrected chi connectivity index (χ2v) is 4.80. The Hall–Kier alpha value is -1.49. The number of carbonyl (C=O) groups is 1. The average Bonchev–Trinajstić information content (AvgIpc) is 2.29. The quantitative estimate of drug-likeness (QED) is 0.833. The summed E-state index contributed by atoms with van der Waals surface area (Å²) in [6.07, 6.45) is 0.567. The number of nitrogens with one attached hydrogen (secondary N) is 1. The van der Waals surface area contributed by atoms with Gasteiger partial charge >= 0.3 is 0 Å². The standard InChI is InChI=1S/C14H19F2NO2/c1-9(7-10(2)18)17-14(19)6-4-11-3-5-12(15)13(16)8-11/h3,5,8-10,18H,4,6-7H2,1-2H3,(H,17,19). The first-order valence-electron chi connectivity index (χ1n) is 6.30. The minimum Gasteiger partial charge on any atom is -0.393 e. The third-order valence-electron chi connectivity index (χ3n) is 2.73. The first-order valence-corrected chi connectivity index (χ1v) is 6.30. The summed E-state index contributed by atoms with van der Waals surface area (Å²) in [5, 5.41) is 11.9. The van der Waals surface area contributed by atoms with Crippen molar-refractivity contribution in [1.29, 1.82) is 0 Å². The predicted octanol–water partition coefficient (Wildman–Crippen LogP) is 2.17. The minimum atomic E-state index is -0.902. The van der Waals surface area contributed by atoms with E-state index in [1.54, 1.807) is 6.92 Å². The van der Waals surface area contributed by atoms with Gasteiger partial charge < -0.3 is 10.4 Å². The highest BCUT2D eigenvalue weighted by atomic mass is 19.2. The Bertz CT molecular complexity index is 435. The number of halogens is 2. The molecule has 0 aliphatic rings. The maximum Gasteiger partial charge on any atom is 0.220 e. The van der Waals surface area contributed by atoms with Gasteiger partial charge in [0.1, 0.15) is 0 Å². The van der Waals surface area contributed by atoms with E-state index in [4.69, 9.17) is 0 Å². The molecule has 1 amide bonds. The fourth-order valence-electron chi connectivity index (χ4n) is 1.87. The SMILES string of the molecule is CC(O)CC(C)NC(=O)CCc1ccc(F)c(F)c1. The first kappa shape index (κ1) is 15.6. The van der Waals surface area contributed by atoms with Crippen LogP contribution in [0.2, 0.25) is 0 Å². The summed E-state index contributed by atoms with van der Waals surface area (Å²) < 4.78 is 25.7. The van der Waals surface area contributed by atoms with Gasteiger partial charge in [0, 0.05) is 12.5 Å². The monoisotopic (exact) mass is 271 g/mol. The molecule has 3 nitrogen and oxygen atoms in total. The smallest absolute Gasteiger partial charge is 0.220 e. The number of hydrogen-bond acceptors (Lipinski definition) is 2. The summed E-state index contributed by atoms with van der Waals surface area (Å²) in [5.74, 6) is -1.96. The van der Waals surface area contributed by atoms with Gasteiger partial charge in [0.2, 0.25) is 5.91 Å². The van der Waals surface area contributed by atoms with Crippen LogP contribution in [0.1, 0.15) is 32.3 Å². The van der Waals surface area contributed by atoms with Gasteiger partial charge in [0.25, 0.3) is 0 Å². The van der Waals surface area contributed by atoms with Gasteiger partial charge in [-0.25, -0.2) is 8.78 Å². The zero-order chi connectivity index (χ0) is 14.4. The molecule has 0 aromatic heterocycles. The molecule has 2 unspecified atom stereocenters. The van der Waals surface area contributed by atoms with Crippen molar-refractivity contribution in [3.63, 3.8) is 0 Å². The average molecular weight is 271 g/mol. The topological polar surface area (TPSA) is 49.3 Å². The molecule has 1 aromatic carbocycles. The predicted molar refractivity (Wildman–Crippen MR) is 68.6 cm³/mol. The third-order valence-corrected chi connectivity index (χ3v) is 2.73. The van der Waals surface area contributed by atoms with Crippen molar-refractivity contribution in [2.24, 2.45) is 0 Å². The fourth-order valence-corrected chi connectivity index (χ4v) is 1.87.